The summed E-state index contributed by atoms with van der Waals surface area (Å²) in [7, 11) is 1.28. The molecule has 0 unspecified atom stereocenters. The SMILES string of the molecule is C=C(C=O)[C@H]1CC[C@@H](C(=O)OC)N1C(=O)CC(C)(C)N. The van der Waals surface area contributed by atoms with E-state index in [2.05, 4.69) is 6.58 Å². The summed E-state index contributed by atoms with van der Waals surface area (Å²) in [6.45, 7) is 7.13. The van der Waals surface area contributed by atoms with Crippen LogP contribution in [0.15, 0.2) is 12.2 Å². The molecule has 0 bridgehead atoms. The number of hydrogen-bond acceptors (Lipinski definition) is 5. The lowest BCUT2D eigenvalue weighted by atomic mass is 10.00. The van der Waals surface area contributed by atoms with Crippen molar-refractivity contribution in [1.29, 1.82) is 0 Å². The molecule has 0 spiro atoms. The van der Waals surface area contributed by atoms with E-state index in [1.165, 1.54) is 12.0 Å². The molecular formula is C14H22N2O4. The highest BCUT2D eigenvalue weighted by Gasteiger charge is 2.43. The van der Waals surface area contributed by atoms with Crippen LogP contribution in [-0.2, 0) is 19.1 Å². The lowest BCUT2D eigenvalue weighted by molar-refractivity contribution is -0.152. The van der Waals surface area contributed by atoms with Gasteiger partial charge in [0.25, 0.3) is 0 Å². The van der Waals surface area contributed by atoms with E-state index in [0.29, 0.717) is 24.7 Å². The number of methoxy groups -OCH3 is 1. The summed E-state index contributed by atoms with van der Waals surface area (Å²) in [5.41, 5.74) is 5.46. The molecular weight excluding hydrogens is 260 g/mol. The molecule has 0 aromatic carbocycles. The fraction of sp³-hybridized carbons (Fsp3) is 0.643. The first-order valence-corrected chi connectivity index (χ1v) is 6.53. The Balaban J connectivity index is 3.01. The molecule has 1 fully saturated rings. The third-order valence-electron chi connectivity index (χ3n) is 3.33. The molecule has 0 aliphatic carbocycles. The van der Waals surface area contributed by atoms with Crippen LogP contribution in [0.2, 0.25) is 0 Å². The molecule has 2 N–H and O–H groups in total. The Bertz CT molecular complexity index is 425. The van der Waals surface area contributed by atoms with Gasteiger partial charge in [-0.3, -0.25) is 9.59 Å². The molecule has 6 nitrogen and oxygen atoms in total. The Kier molecular flexibility index (Phi) is 5.05. The van der Waals surface area contributed by atoms with Gasteiger partial charge < -0.3 is 15.4 Å². The standard InChI is InChI=1S/C14H22N2O4/c1-9(8-17)10-5-6-11(13(19)20-4)16(10)12(18)7-14(2,3)15/h8,10-11H,1,5-7,15H2,2-4H3/t10-,11+/m1/s1. The third-order valence-corrected chi connectivity index (χ3v) is 3.33. The van der Waals surface area contributed by atoms with E-state index in [0.717, 1.165) is 0 Å². The maximum atomic E-state index is 12.4. The van der Waals surface area contributed by atoms with Crippen LogP contribution < -0.4 is 5.73 Å². The van der Waals surface area contributed by atoms with Crippen LogP contribution in [0.1, 0.15) is 33.1 Å². The fourth-order valence-electron chi connectivity index (χ4n) is 2.45. The second-order valence-corrected chi connectivity index (χ2v) is 5.79. The molecule has 1 rings (SSSR count). The van der Waals surface area contributed by atoms with E-state index in [4.69, 9.17) is 10.5 Å². The Hall–Kier alpha value is -1.69. The number of amides is 1. The molecule has 1 aliphatic heterocycles. The predicted molar refractivity (Wildman–Crippen MR) is 73.8 cm³/mol. The van der Waals surface area contributed by atoms with Crippen molar-refractivity contribution >= 4 is 18.2 Å². The summed E-state index contributed by atoms with van der Waals surface area (Å²) in [6.07, 6.45) is 1.69. The average Bonchev–Trinajstić information content (AvgIpc) is 2.79. The zero-order valence-electron chi connectivity index (χ0n) is 12.2. The highest BCUT2D eigenvalue weighted by molar-refractivity contribution is 5.88. The Morgan fingerprint density at radius 2 is 1.95 bits per heavy atom. The zero-order valence-corrected chi connectivity index (χ0v) is 12.2. The van der Waals surface area contributed by atoms with E-state index in [-0.39, 0.29) is 12.3 Å². The first-order chi connectivity index (χ1) is 9.21. The molecule has 2 atom stereocenters. The molecule has 6 heteroatoms. The van der Waals surface area contributed by atoms with Crippen molar-refractivity contribution in [3.8, 4) is 0 Å². The van der Waals surface area contributed by atoms with Crippen molar-refractivity contribution in [3.63, 3.8) is 0 Å². The number of nitrogens with zero attached hydrogens (tertiary/aromatic N) is 1. The number of nitrogens with two attached hydrogens (primary N) is 1. The Morgan fingerprint density at radius 3 is 2.40 bits per heavy atom. The minimum Gasteiger partial charge on any atom is -0.467 e. The van der Waals surface area contributed by atoms with Crippen molar-refractivity contribution in [2.45, 2.75) is 50.7 Å². The molecule has 0 aromatic rings. The Labute approximate surface area is 118 Å². The number of carbonyl (C=O) groups excluding carboxylic acids is 3. The average molecular weight is 282 g/mol. The van der Waals surface area contributed by atoms with Gasteiger partial charge in [-0.15, -0.1) is 0 Å². The van der Waals surface area contributed by atoms with Crippen LogP contribution in [0.25, 0.3) is 0 Å². The van der Waals surface area contributed by atoms with Crippen LogP contribution in [-0.4, -0.2) is 47.8 Å². The maximum Gasteiger partial charge on any atom is 0.328 e. The monoisotopic (exact) mass is 282 g/mol. The number of ether oxygens (including phenoxy) is 1. The molecule has 1 aliphatic rings. The molecule has 20 heavy (non-hydrogen) atoms. The second-order valence-electron chi connectivity index (χ2n) is 5.79. The lowest BCUT2D eigenvalue weighted by Gasteiger charge is -2.31. The first-order valence-electron chi connectivity index (χ1n) is 6.53. The lowest BCUT2D eigenvalue weighted by Crippen LogP contribution is -2.49. The first kappa shape index (κ1) is 16.4. The number of rotatable bonds is 5. The number of esters is 1. The van der Waals surface area contributed by atoms with Gasteiger partial charge in [-0.05, 0) is 26.7 Å². The number of hydrogen-bond donors (Lipinski definition) is 1. The summed E-state index contributed by atoms with van der Waals surface area (Å²) in [5, 5.41) is 0. The van der Waals surface area contributed by atoms with Crippen molar-refractivity contribution in [2.24, 2.45) is 5.73 Å². The van der Waals surface area contributed by atoms with Gasteiger partial charge in [0, 0.05) is 17.5 Å². The van der Waals surface area contributed by atoms with Gasteiger partial charge in [0.05, 0.1) is 13.2 Å². The van der Waals surface area contributed by atoms with Crippen LogP contribution in [0, 0.1) is 0 Å². The normalized spacial score (nSPS) is 22.5. The van der Waals surface area contributed by atoms with Crippen LogP contribution in [0.4, 0.5) is 0 Å². The molecule has 1 heterocycles. The second kappa shape index (κ2) is 6.17. The Morgan fingerprint density at radius 1 is 1.40 bits per heavy atom. The number of carbonyl (C=O) groups is 3. The van der Waals surface area contributed by atoms with Crippen molar-refractivity contribution in [3.05, 3.63) is 12.2 Å². The van der Waals surface area contributed by atoms with Gasteiger partial charge in [0.15, 0.2) is 0 Å². The van der Waals surface area contributed by atoms with Crippen LogP contribution in [0.5, 0.6) is 0 Å². The van der Waals surface area contributed by atoms with Gasteiger partial charge in [-0.1, -0.05) is 6.58 Å². The van der Waals surface area contributed by atoms with E-state index in [1.807, 2.05) is 0 Å². The summed E-state index contributed by atoms with van der Waals surface area (Å²) in [5.74, 6) is -0.743. The van der Waals surface area contributed by atoms with Gasteiger partial charge in [0.1, 0.15) is 12.3 Å². The van der Waals surface area contributed by atoms with Crippen LogP contribution in [0.3, 0.4) is 0 Å². The molecule has 112 valence electrons. The summed E-state index contributed by atoms with van der Waals surface area (Å²) in [6, 6.07) is -1.12. The largest absolute Gasteiger partial charge is 0.467 e. The van der Waals surface area contributed by atoms with Crippen molar-refractivity contribution in [1.82, 2.24) is 4.90 Å². The summed E-state index contributed by atoms with van der Waals surface area (Å²) in [4.78, 5) is 36.5. The van der Waals surface area contributed by atoms with E-state index >= 15 is 0 Å². The van der Waals surface area contributed by atoms with Gasteiger partial charge in [-0.25, -0.2) is 4.79 Å². The molecule has 0 aromatic heterocycles. The van der Waals surface area contributed by atoms with Crippen LogP contribution >= 0.6 is 0 Å². The summed E-state index contributed by atoms with van der Waals surface area (Å²) >= 11 is 0. The minimum absolute atomic E-state index is 0.0864. The predicted octanol–water partition coefficient (Wildman–Crippen LogP) is 0.402. The topological polar surface area (TPSA) is 89.7 Å². The van der Waals surface area contributed by atoms with Gasteiger partial charge in [-0.2, -0.15) is 0 Å². The van der Waals surface area contributed by atoms with E-state index in [9.17, 15) is 14.4 Å². The summed E-state index contributed by atoms with van der Waals surface area (Å²) < 4.78 is 4.72. The quantitative estimate of drug-likeness (QED) is 0.448. The number of aldehydes is 1. The highest BCUT2D eigenvalue weighted by atomic mass is 16.5. The van der Waals surface area contributed by atoms with Crippen molar-refractivity contribution < 1.29 is 19.1 Å². The number of likely N-dealkylation sites (tertiary alicyclic amines) is 1. The smallest absolute Gasteiger partial charge is 0.328 e. The molecule has 0 radical (unpaired) electrons. The van der Waals surface area contributed by atoms with E-state index in [1.54, 1.807) is 13.8 Å². The highest BCUT2D eigenvalue weighted by Crippen LogP contribution is 2.30. The molecule has 1 saturated heterocycles. The van der Waals surface area contributed by atoms with Crippen molar-refractivity contribution in [2.75, 3.05) is 7.11 Å². The minimum atomic E-state index is -0.687. The molecule has 1 amide bonds. The fourth-order valence-corrected chi connectivity index (χ4v) is 2.45. The zero-order chi connectivity index (χ0) is 15.5. The van der Waals surface area contributed by atoms with Gasteiger partial charge in [0.2, 0.25) is 5.91 Å². The van der Waals surface area contributed by atoms with E-state index < -0.39 is 23.6 Å². The van der Waals surface area contributed by atoms with Gasteiger partial charge >= 0.3 is 5.97 Å². The third kappa shape index (κ3) is 3.66. The maximum absolute atomic E-state index is 12.4. The molecule has 0 saturated carbocycles.